The normalized spacial score (nSPS) is 25.5. The van der Waals surface area contributed by atoms with Crippen molar-refractivity contribution < 1.29 is 28.8 Å². The molecule has 2 aromatic rings. The van der Waals surface area contributed by atoms with Gasteiger partial charge in [0.2, 0.25) is 23.6 Å². The molecule has 4 aliphatic heterocycles. The summed E-state index contributed by atoms with van der Waals surface area (Å²) < 4.78 is 0. The number of amides is 4. The molecule has 1 unspecified atom stereocenters. The van der Waals surface area contributed by atoms with E-state index in [0.29, 0.717) is 70.1 Å². The fourth-order valence-corrected chi connectivity index (χ4v) is 12.4. The average Bonchev–Trinajstić information content (AvgIpc) is 3.53. The minimum absolute atomic E-state index is 0.0184. The van der Waals surface area contributed by atoms with Crippen molar-refractivity contribution in [3.63, 3.8) is 0 Å². The predicted molar refractivity (Wildman–Crippen MR) is 240 cm³/mol. The topological polar surface area (TPSA) is 133 Å². The van der Waals surface area contributed by atoms with Crippen LogP contribution < -0.4 is 10.6 Å². The molecule has 10 nitrogen and oxygen atoms in total. The highest BCUT2D eigenvalue weighted by atomic mass is 32.2. The van der Waals surface area contributed by atoms with E-state index >= 15 is 0 Å². The molecule has 4 aliphatic rings. The van der Waals surface area contributed by atoms with Crippen LogP contribution in [0.1, 0.15) is 121 Å². The van der Waals surface area contributed by atoms with Gasteiger partial charge in [0.25, 0.3) is 0 Å². The third-order valence-electron chi connectivity index (χ3n) is 12.9. The number of hydrogen-bond acceptors (Lipinski definition) is 8. The summed E-state index contributed by atoms with van der Waals surface area (Å²) in [5.41, 5.74) is 2.02. The number of hydrogen-bond donors (Lipinski definition) is 2. The number of benzene rings is 2. The quantitative estimate of drug-likeness (QED) is 0.148. The van der Waals surface area contributed by atoms with Crippen molar-refractivity contribution in [3.05, 3.63) is 71.8 Å². The lowest BCUT2D eigenvalue weighted by molar-refractivity contribution is -0.147. The minimum atomic E-state index is -0.745. The van der Waals surface area contributed by atoms with E-state index in [1.165, 1.54) is 0 Å². The predicted octanol–water partition coefficient (Wildman–Crippen LogP) is 7.52. The van der Waals surface area contributed by atoms with E-state index < -0.39 is 35.9 Å². The molecule has 4 heterocycles. The molecule has 6 rings (SSSR count). The van der Waals surface area contributed by atoms with Crippen molar-refractivity contribution in [1.82, 2.24) is 20.4 Å². The van der Waals surface area contributed by atoms with Crippen LogP contribution in [0.15, 0.2) is 60.7 Å². The molecule has 326 valence electrons. The number of piperidine rings is 2. The van der Waals surface area contributed by atoms with Crippen LogP contribution in [0.2, 0.25) is 0 Å². The largest absolute Gasteiger partial charge is 0.354 e. The van der Waals surface area contributed by atoms with Crippen molar-refractivity contribution in [1.29, 1.82) is 0 Å². The fourth-order valence-electron chi connectivity index (χ4n) is 9.54. The van der Waals surface area contributed by atoms with Gasteiger partial charge in [-0.15, -0.1) is 23.5 Å². The molecule has 0 aromatic heterocycles. The van der Waals surface area contributed by atoms with Crippen LogP contribution in [0, 0.1) is 17.8 Å². The number of rotatable bonds is 19. The molecule has 0 spiro atoms. The first-order valence-corrected chi connectivity index (χ1v) is 24.9. The van der Waals surface area contributed by atoms with Gasteiger partial charge in [0.15, 0.2) is 5.78 Å². The molecule has 0 saturated carbocycles. The summed E-state index contributed by atoms with van der Waals surface area (Å²) in [5, 5.41) is 6.03. The second kappa shape index (κ2) is 23.0. The molecule has 2 aromatic carbocycles. The van der Waals surface area contributed by atoms with Crippen molar-refractivity contribution in [2.24, 2.45) is 17.8 Å². The Balaban J connectivity index is 1.19. The highest BCUT2D eigenvalue weighted by Gasteiger charge is 2.45. The molecule has 8 atom stereocenters. The summed E-state index contributed by atoms with van der Waals surface area (Å²) in [6.07, 6.45) is 10.8. The fraction of sp³-hybridized carbons (Fsp3) is 0.625. The third kappa shape index (κ3) is 12.0. The number of nitrogens with zero attached hydrogens (tertiary/aromatic N) is 2. The van der Waals surface area contributed by atoms with Gasteiger partial charge < -0.3 is 20.4 Å². The van der Waals surface area contributed by atoms with Gasteiger partial charge in [0.1, 0.15) is 17.9 Å². The number of unbranched alkanes of at least 4 members (excludes halogenated alkanes) is 1. The van der Waals surface area contributed by atoms with E-state index in [1.807, 2.05) is 72.5 Å². The second-order valence-corrected chi connectivity index (χ2v) is 19.8. The van der Waals surface area contributed by atoms with Gasteiger partial charge in [-0.25, -0.2) is 0 Å². The maximum atomic E-state index is 14.6. The summed E-state index contributed by atoms with van der Waals surface area (Å²) >= 11 is 3.45. The van der Waals surface area contributed by atoms with Crippen LogP contribution in [0.5, 0.6) is 0 Å². The van der Waals surface area contributed by atoms with Gasteiger partial charge in [0.05, 0.1) is 16.8 Å². The Kier molecular flexibility index (Phi) is 17.6. The zero-order valence-electron chi connectivity index (χ0n) is 35.7. The van der Waals surface area contributed by atoms with Gasteiger partial charge in [-0.2, -0.15) is 0 Å². The Morgan fingerprint density at radius 1 is 0.700 bits per heavy atom. The van der Waals surface area contributed by atoms with E-state index in [0.717, 1.165) is 61.8 Å². The summed E-state index contributed by atoms with van der Waals surface area (Å²) in [7, 11) is 0. The Morgan fingerprint density at radius 3 is 1.92 bits per heavy atom. The van der Waals surface area contributed by atoms with E-state index in [4.69, 9.17) is 0 Å². The molecule has 60 heavy (non-hydrogen) atoms. The molecular formula is C48H66N4O6S2. The van der Waals surface area contributed by atoms with Crippen molar-refractivity contribution in [3.8, 4) is 0 Å². The number of carbonyl (C=O) groups is 6. The summed E-state index contributed by atoms with van der Waals surface area (Å²) in [5.74, 6) is -0.387. The SMILES string of the molecule is CCCCC(=O)[C@@H]1CCC[C@@H]2SCC[C@H](CC(=O)[C@H](CCC(Cc3ccccc3)C(=O)N[C@H]3CCS[C@H]4CCC[C@@H](C(=O)NCCC)N4C3=O)Cc3ccccc3)C(=O)N21. The van der Waals surface area contributed by atoms with Gasteiger partial charge in [0, 0.05) is 37.1 Å². The lowest BCUT2D eigenvalue weighted by atomic mass is 9.82. The maximum Gasteiger partial charge on any atom is 0.246 e. The van der Waals surface area contributed by atoms with Gasteiger partial charge >= 0.3 is 0 Å². The highest BCUT2D eigenvalue weighted by molar-refractivity contribution is 8.00. The van der Waals surface area contributed by atoms with Crippen molar-refractivity contribution >= 4 is 58.7 Å². The lowest BCUT2D eigenvalue weighted by Crippen LogP contribution is -2.59. The molecule has 4 amide bonds. The van der Waals surface area contributed by atoms with E-state index in [2.05, 4.69) is 17.6 Å². The number of ketones is 2. The molecule has 2 N–H and O–H groups in total. The first kappa shape index (κ1) is 45.9. The first-order valence-electron chi connectivity index (χ1n) is 22.8. The second-order valence-electron chi connectivity index (χ2n) is 17.3. The van der Waals surface area contributed by atoms with Gasteiger partial charge in [-0.05, 0) is 113 Å². The number of nitrogens with one attached hydrogen (secondary N) is 2. The molecule has 0 aliphatic carbocycles. The standard InChI is InChI=1S/C48H66N4O6S2/c1-3-5-20-41(53)39-18-12-21-43-51(39)47(57)37(25-28-59-43)32-42(54)35(30-33-14-8-6-9-15-33)23-24-36(31-34-16-10-7-11-17-34)45(55)50-38-26-29-60-44-22-13-19-40(52(44)48(38)58)46(56)49-27-4-2/h6-11,14-17,35-40,43-44H,3-5,12-13,18-32H2,1-2H3,(H,49,56)(H,50,55)/t35-,36?,37-,38+,39+,40+,43+,44+/m1/s1. The third-order valence-corrected chi connectivity index (χ3v) is 15.5. The zero-order chi connectivity index (χ0) is 42.4. The smallest absolute Gasteiger partial charge is 0.246 e. The monoisotopic (exact) mass is 858 g/mol. The molecule has 0 bridgehead atoms. The van der Waals surface area contributed by atoms with E-state index in [1.54, 1.807) is 28.4 Å². The number of carbonyl (C=O) groups excluding carboxylic acids is 6. The van der Waals surface area contributed by atoms with E-state index in [9.17, 15) is 28.8 Å². The van der Waals surface area contributed by atoms with Crippen LogP contribution in [0.3, 0.4) is 0 Å². The summed E-state index contributed by atoms with van der Waals surface area (Å²) in [6, 6.07) is 18.1. The first-order chi connectivity index (χ1) is 29.2. The summed E-state index contributed by atoms with van der Waals surface area (Å²) in [4.78, 5) is 88.0. The molecular weight excluding hydrogens is 793 g/mol. The van der Waals surface area contributed by atoms with Crippen LogP contribution in [-0.2, 0) is 41.6 Å². The Labute approximate surface area is 365 Å². The Morgan fingerprint density at radius 2 is 1.28 bits per heavy atom. The maximum absolute atomic E-state index is 14.6. The number of thioether (sulfide) groups is 2. The zero-order valence-corrected chi connectivity index (χ0v) is 37.3. The molecule has 4 saturated heterocycles. The van der Waals surface area contributed by atoms with Crippen LogP contribution in [0.25, 0.3) is 0 Å². The average molecular weight is 859 g/mol. The van der Waals surface area contributed by atoms with Gasteiger partial charge in [-0.3, -0.25) is 28.8 Å². The lowest BCUT2D eigenvalue weighted by Gasteiger charge is -2.41. The van der Waals surface area contributed by atoms with Crippen LogP contribution in [0.4, 0.5) is 0 Å². The Bertz CT molecular complexity index is 1640. The molecule has 4 fully saturated rings. The Hall–Kier alpha value is -3.64. The molecule has 0 radical (unpaired) electrons. The number of Topliss-reactive ketones (excluding diaryl/α,β-unsaturated/α-hetero) is 2. The van der Waals surface area contributed by atoms with Crippen LogP contribution >= 0.6 is 23.5 Å². The highest BCUT2D eigenvalue weighted by Crippen LogP contribution is 2.39. The van der Waals surface area contributed by atoms with E-state index in [-0.39, 0.29) is 52.4 Å². The van der Waals surface area contributed by atoms with Crippen molar-refractivity contribution in [2.45, 2.75) is 152 Å². The summed E-state index contributed by atoms with van der Waals surface area (Å²) in [6.45, 7) is 4.63. The van der Waals surface area contributed by atoms with Crippen molar-refractivity contribution in [2.75, 3.05) is 18.1 Å². The van der Waals surface area contributed by atoms with Gasteiger partial charge in [-0.1, -0.05) is 80.9 Å². The molecule has 12 heteroatoms. The number of fused-ring (bicyclic) bond motifs is 2. The minimum Gasteiger partial charge on any atom is -0.354 e. The van der Waals surface area contributed by atoms with Crippen LogP contribution in [-0.4, -0.2) is 91.9 Å².